The van der Waals surface area contributed by atoms with Crippen molar-refractivity contribution in [3.05, 3.63) is 66.4 Å². The number of hydrogen-bond donors (Lipinski definition) is 1. The average Bonchev–Trinajstić information content (AvgIpc) is 3.18. The van der Waals surface area contributed by atoms with Crippen molar-refractivity contribution in [1.29, 1.82) is 0 Å². The van der Waals surface area contributed by atoms with E-state index in [4.69, 9.17) is 4.74 Å². The smallest absolute Gasteiger partial charge is 0.227 e. The second-order valence-electron chi connectivity index (χ2n) is 7.43. The Morgan fingerprint density at radius 1 is 1.16 bits per heavy atom. The number of hydrogen-bond acceptors (Lipinski definition) is 4. The van der Waals surface area contributed by atoms with E-state index in [1.807, 2.05) is 61.5 Å². The monoisotopic (exact) mass is 413 g/mol. The minimum atomic E-state index is -0.367. The number of aromatic nitrogens is 1. The predicted octanol–water partition coefficient (Wildman–Crippen LogP) is 3.09. The molecule has 4 rings (SSSR count). The van der Waals surface area contributed by atoms with Crippen molar-refractivity contribution >= 4 is 28.4 Å². The van der Waals surface area contributed by atoms with Gasteiger partial charge in [-0.15, -0.1) is 0 Å². The molecule has 2 heterocycles. The molecule has 1 aliphatic rings. The third-order valence-corrected chi connectivity index (χ3v) is 5.21. The van der Waals surface area contributed by atoms with Crippen LogP contribution in [0.25, 0.3) is 10.9 Å². The van der Waals surface area contributed by atoms with Crippen LogP contribution in [0, 0.1) is 24.7 Å². The van der Waals surface area contributed by atoms with E-state index >= 15 is 0 Å². The average molecular weight is 413 g/mol. The lowest BCUT2D eigenvalue weighted by atomic mass is 10.1. The fraction of sp³-hybridized carbons (Fsp3) is 0.240. The zero-order valence-corrected chi connectivity index (χ0v) is 17.3. The van der Waals surface area contributed by atoms with Crippen molar-refractivity contribution in [2.45, 2.75) is 13.3 Å². The number of pyridine rings is 1. The molecule has 1 saturated heterocycles. The Hall–Kier alpha value is -3.85. The minimum absolute atomic E-state index is 0.0350. The summed E-state index contributed by atoms with van der Waals surface area (Å²) < 4.78 is 5.71. The molecule has 31 heavy (non-hydrogen) atoms. The van der Waals surface area contributed by atoms with E-state index in [0.29, 0.717) is 12.3 Å². The number of ether oxygens (including phenoxy) is 1. The first-order valence-electron chi connectivity index (χ1n) is 10.2. The summed E-state index contributed by atoms with van der Waals surface area (Å²) in [6.45, 7) is 2.80. The molecule has 1 unspecified atom stereocenters. The molecule has 0 saturated carbocycles. The van der Waals surface area contributed by atoms with Gasteiger partial charge >= 0.3 is 0 Å². The fourth-order valence-corrected chi connectivity index (χ4v) is 3.55. The summed E-state index contributed by atoms with van der Waals surface area (Å²) in [5, 5.41) is 3.80. The summed E-state index contributed by atoms with van der Waals surface area (Å²) in [5.41, 5.74) is 2.75. The molecular formula is C25H23N3O3. The number of anilines is 1. The molecule has 1 aliphatic heterocycles. The number of nitrogens with zero attached hydrogens (tertiary/aromatic N) is 2. The van der Waals surface area contributed by atoms with Crippen LogP contribution in [0.4, 0.5) is 5.69 Å². The summed E-state index contributed by atoms with van der Waals surface area (Å²) in [6.07, 6.45) is 1.94. The van der Waals surface area contributed by atoms with Crippen LogP contribution >= 0.6 is 0 Å². The molecule has 1 fully saturated rings. The summed E-state index contributed by atoms with van der Waals surface area (Å²) in [5.74, 6) is 5.91. The topological polar surface area (TPSA) is 71.5 Å². The molecule has 2 aromatic carbocycles. The van der Waals surface area contributed by atoms with Crippen molar-refractivity contribution in [2.75, 3.05) is 24.6 Å². The highest BCUT2D eigenvalue weighted by molar-refractivity contribution is 6.00. The van der Waals surface area contributed by atoms with Gasteiger partial charge in [0.25, 0.3) is 0 Å². The van der Waals surface area contributed by atoms with Crippen molar-refractivity contribution < 1.29 is 14.3 Å². The first-order valence-corrected chi connectivity index (χ1v) is 10.2. The maximum atomic E-state index is 12.4. The van der Waals surface area contributed by atoms with Gasteiger partial charge in [0.05, 0.1) is 12.5 Å². The second-order valence-corrected chi connectivity index (χ2v) is 7.43. The number of aryl methyl sites for hydroxylation is 1. The van der Waals surface area contributed by atoms with Crippen LogP contribution in [0.15, 0.2) is 60.8 Å². The number of rotatable bonds is 5. The van der Waals surface area contributed by atoms with Crippen LogP contribution in [0.3, 0.4) is 0 Å². The van der Waals surface area contributed by atoms with Gasteiger partial charge in [0.15, 0.2) is 0 Å². The number of carbonyl (C=O) groups excluding carboxylic acids is 2. The zero-order chi connectivity index (χ0) is 21.6. The number of amides is 2. The van der Waals surface area contributed by atoms with Crippen LogP contribution < -0.4 is 15.0 Å². The Morgan fingerprint density at radius 2 is 1.97 bits per heavy atom. The van der Waals surface area contributed by atoms with Gasteiger partial charge in [-0.2, -0.15) is 0 Å². The summed E-state index contributed by atoms with van der Waals surface area (Å²) in [6, 6.07) is 17.3. The van der Waals surface area contributed by atoms with Crippen LogP contribution in [0.2, 0.25) is 0 Å². The van der Waals surface area contributed by atoms with Gasteiger partial charge in [-0.05, 0) is 31.2 Å². The number of carbonyl (C=O) groups is 2. The molecule has 1 atom stereocenters. The maximum Gasteiger partial charge on any atom is 0.227 e. The first-order chi connectivity index (χ1) is 15.1. The number of fused-ring (bicyclic) bond motifs is 1. The SMILES string of the molecule is Cc1ccc(N2CC(C(=O)NCC#CCOc3cccc4cccnc34)CC2=O)cc1. The Balaban J connectivity index is 1.25. The quantitative estimate of drug-likeness (QED) is 0.653. The fourth-order valence-electron chi connectivity index (χ4n) is 3.55. The summed E-state index contributed by atoms with van der Waals surface area (Å²) >= 11 is 0. The molecule has 6 nitrogen and oxygen atoms in total. The molecule has 0 aliphatic carbocycles. The highest BCUT2D eigenvalue weighted by Gasteiger charge is 2.34. The van der Waals surface area contributed by atoms with Crippen molar-refractivity contribution in [2.24, 2.45) is 5.92 Å². The summed E-state index contributed by atoms with van der Waals surface area (Å²) in [4.78, 5) is 30.7. The van der Waals surface area contributed by atoms with Crippen LogP contribution in [-0.2, 0) is 9.59 Å². The van der Waals surface area contributed by atoms with Crippen molar-refractivity contribution in [1.82, 2.24) is 10.3 Å². The van der Waals surface area contributed by atoms with E-state index < -0.39 is 0 Å². The van der Waals surface area contributed by atoms with Gasteiger partial charge in [-0.1, -0.05) is 47.7 Å². The lowest BCUT2D eigenvalue weighted by Crippen LogP contribution is -2.33. The molecule has 2 amide bonds. The molecule has 3 aromatic rings. The number of para-hydroxylation sites is 1. The van der Waals surface area contributed by atoms with E-state index in [2.05, 4.69) is 22.1 Å². The van der Waals surface area contributed by atoms with Crippen LogP contribution in [0.5, 0.6) is 5.75 Å². The highest BCUT2D eigenvalue weighted by atomic mass is 16.5. The molecule has 156 valence electrons. The van der Waals surface area contributed by atoms with Crippen LogP contribution in [-0.4, -0.2) is 36.5 Å². The van der Waals surface area contributed by atoms with Gasteiger partial charge in [0, 0.05) is 30.2 Å². The Bertz CT molecular complexity index is 1160. The molecule has 1 N–H and O–H groups in total. The molecule has 1 aromatic heterocycles. The van der Waals surface area contributed by atoms with E-state index in [0.717, 1.165) is 22.2 Å². The van der Waals surface area contributed by atoms with Crippen molar-refractivity contribution in [3.8, 4) is 17.6 Å². The molecule has 0 bridgehead atoms. The number of benzene rings is 2. The number of nitrogens with one attached hydrogen (secondary N) is 1. The Kier molecular flexibility index (Phi) is 6.13. The van der Waals surface area contributed by atoms with Crippen molar-refractivity contribution in [3.63, 3.8) is 0 Å². The van der Waals surface area contributed by atoms with Gasteiger partial charge in [0.2, 0.25) is 11.8 Å². The normalized spacial score (nSPS) is 15.5. The van der Waals surface area contributed by atoms with E-state index in [-0.39, 0.29) is 37.3 Å². The predicted molar refractivity (Wildman–Crippen MR) is 120 cm³/mol. The van der Waals surface area contributed by atoms with Crippen LogP contribution in [0.1, 0.15) is 12.0 Å². The summed E-state index contributed by atoms with van der Waals surface area (Å²) in [7, 11) is 0. The third-order valence-electron chi connectivity index (χ3n) is 5.21. The minimum Gasteiger partial charge on any atom is -0.479 e. The molecular weight excluding hydrogens is 390 g/mol. The highest BCUT2D eigenvalue weighted by Crippen LogP contribution is 2.25. The Labute approximate surface area is 181 Å². The van der Waals surface area contributed by atoms with E-state index in [1.54, 1.807) is 11.1 Å². The standard InChI is InChI=1S/C25H23N3O3/c1-18-9-11-21(12-10-18)28-17-20(16-23(28)29)25(30)27-13-2-3-15-31-22-8-4-6-19-7-5-14-26-24(19)22/h4-12,14,20H,13,15-17H2,1H3,(H,27,30). The molecule has 0 spiro atoms. The third kappa shape index (κ3) is 4.84. The lowest BCUT2D eigenvalue weighted by molar-refractivity contribution is -0.126. The van der Waals surface area contributed by atoms with E-state index in [1.165, 1.54) is 0 Å². The van der Waals surface area contributed by atoms with Gasteiger partial charge in [-0.25, -0.2) is 0 Å². The lowest BCUT2D eigenvalue weighted by Gasteiger charge is -2.16. The molecule has 0 radical (unpaired) electrons. The second kappa shape index (κ2) is 9.31. The van der Waals surface area contributed by atoms with Gasteiger partial charge in [-0.3, -0.25) is 14.6 Å². The Morgan fingerprint density at radius 3 is 2.81 bits per heavy atom. The largest absolute Gasteiger partial charge is 0.479 e. The zero-order valence-electron chi connectivity index (χ0n) is 17.3. The molecule has 6 heteroatoms. The van der Waals surface area contributed by atoms with E-state index in [9.17, 15) is 9.59 Å². The van der Waals surface area contributed by atoms with Gasteiger partial charge < -0.3 is 15.0 Å². The first kappa shape index (κ1) is 20.4. The van der Waals surface area contributed by atoms with Gasteiger partial charge in [0.1, 0.15) is 17.9 Å². The maximum absolute atomic E-state index is 12.4.